The number of thiazole rings is 1. The highest BCUT2D eigenvalue weighted by atomic mass is 32.1. The van der Waals surface area contributed by atoms with Crippen molar-refractivity contribution in [1.82, 2.24) is 4.98 Å². The molecule has 8 nitrogen and oxygen atoms in total. The van der Waals surface area contributed by atoms with Gasteiger partial charge in [0.2, 0.25) is 10.9 Å². The standard InChI is InChI=1S/C14H13NO5S.C4H9NO/c16-11(8-3-6-19-7-4-8)12-10(9-2-1-5-20-9)15-13(21-12)14(17)18;1-3(2)4(5)6/h1-2,5,8H,3-4,6-7H2,(H,17,18);3H,1-2H3,(H2,5,6). The molecular weight excluding hydrogens is 372 g/mol. The Balaban J connectivity index is 0.000000380. The quantitative estimate of drug-likeness (QED) is 0.745. The van der Waals surface area contributed by atoms with E-state index in [1.54, 1.807) is 26.0 Å². The fourth-order valence-electron chi connectivity index (χ4n) is 2.30. The Morgan fingerprint density at radius 2 is 1.93 bits per heavy atom. The van der Waals surface area contributed by atoms with Crippen LogP contribution in [0.4, 0.5) is 0 Å². The SMILES string of the molecule is CC(C)C(N)=O.O=C(O)c1nc(-c2ccco2)c(C(=O)C2CCOCC2)s1. The van der Waals surface area contributed by atoms with Crippen LogP contribution in [-0.4, -0.2) is 41.0 Å². The summed E-state index contributed by atoms with van der Waals surface area (Å²) in [6.45, 7) is 4.64. The zero-order valence-electron chi connectivity index (χ0n) is 15.1. The maximum absolute atomic E-state index is 12.6. The number of nitrogens with two attached hydrogens (primary N) is 1. The molecule has 1 aliphatic heterocycles. The first kappa shape index (κ1) is 20.8. The maximum Gasteiger partial charge on any atom is 0.365 e. The summed E-state index contributed by atoms with van der Waals surface area (Å²) in [5.74, 6) is -1.20. The van der Waals surface area contributed by atoms with Crippen LogP contribution >= 0.6 is 11.3 Å². The minimum Gasteiger partial charge on any atom is -0.476 e. The van der Waals surface area contributed by atoms with Gasteiger partial charge in [-0.1, -0.05) is 13.8 Å². The molecule has 1 aliphatic rings. The van der Waals surface area contributed by atoms with Gasteiger partial charge in [-0.2, -0.15) is 0 Å². The molecule has 3 N–H and O–H groups in total. The predicted octanol–water partition coefficient (Wildman–Crippen LogP) is 2.84. The Labute approximate surface area is 160 Å². The topological polar surface area (TPSA) is 133 Å². The van der Waals surface area contributed by atoms with Crippen molar-refractivity contribution < 1.29 is 28.6 Å². The van der Waals surface area contributed by atoms with Crippen molar-refractivity contribution in [3.63, 3.8) is 0 Å². The number of nitrogens with zero attached hydrogens (tertiary/aromatic N) is 1. The van der Waals surface area contributed by atoms with Crippen LogP contribution < -0.4 is 5.73 Å². The molecular formula is C18H22N2O6S. The van der Waals surface area contributed by atoms with Crippen LogP contribution in [0.3, 0.4) is 0 Å². The van der Waals surface area contributed by atoms with Crippen molar-refractivity contribution in [3.05, 3.63) is 28.3 Å². The van der Waals surface area contributed by atoms with Crippen molar-refractivity contribution in [1.29, 1.82) is 0 Å². The molecule has 0 radical (unpaired) electrons. The van der Waals surface area contributed by atoms with Gasteiger partial charge >= 0.3 is 5.97 Å². The largest absolute Gasteiger partial charge is 0.476 e. The summed E-state index contributed by atoms with van der Waals surface area (Å²) in [6.07, 6.45) is 2.77. The van der Waals surface area contributed by atoms with E-state index in [-0.39, 0.29) is 28.5 Å². The number of carbonyl (C=O) groups excluding carboxylic acids is 2. The number of hydrogen-bond acceptors (Lipinski definition) is 7. The van der Waals surface area contributed by atoms with Crippen LogP contribution in [0, 0.1) is 11.8 Å². The second kappa shape index (κ2) is 9.43. The number of primary amides is 1. The number of ketones is 1. The van der Waals surface area contributed by atoms with Gasteiger partial charge in [-0.3, -0.25) is 9.59 Å². The Bertz CT molecular complexity index is 791. The lowest BCUT2D eigenvalue weighted by Gasteiger charge is -2.20. The van der Waals surface area contributed by atoms with Crippen LogP contribution in [0.15, 0.2) is 22.8 Å². The van der Waals surface area contributed by atoms with Crippen molar-refractivity contribution in [2.24, 2.45) is 17.6 Å². The lowest BCUT2D eigenvalue weighted by atomic mass is 9.94. The van der Waals surface area contributed by atoms with Crippen LogP contribution in [0.1, 0.15) is 46.2 Å². The molecule has 1 saturated heterocycles. The van der Waals surface area contributed by atoms with E-state index in [0.29, 0.717) is 42.4 Å². The summed E-state index contributed by atoms with van der Waals surface area (Å²) in [5.41, 5.74) is 5.11. The average molecular weight is 394 g/mol. The van der Waals surface area contributed by atoms with Gasteiger partial charge in [0.1, 0.15) is 10.6 Å². The molecule has 146 valence electrons. The molecule has 0 atom stereocenters. The van der Waals surface area contributed by atoms with Crippen LogP contribution in [-0.2, 0) is 9.53 Å². The molecule has 1 fully saturated rings. The summed E-state index contributed by atoms with van der Waals surface area (Å²) in [6, 6.07) is 3.35. The molecule has 1 amide bonds. The second-order valence-electron chi connectivity index (χ2n) is 6.29. The number of hydrogen-bond donors (Lipinski definition) is 2. The van der Waals surface area contributed by atoms with Crippen molar-refractivity contribution in [3.8, 4) is 11.5 Å². The summed E-state index contributed by atoms with van der Waals surface area (Å²) >= 11 is 0.907. The number of aromatic nitrogens is 1. The molecule has 3 heterocycles. The molecule has 0 unspecified atom stereocenters. The minimum atomic E-state index is -1.14. The van der Waals surface area contributed by atoms with Crippen molar-refractivity contribution in [2.45, 2.75) is 26.7 Å². The van der Waals surface area contributed by atoms with E-state index >= 15 is 0 Å². The van der Waals surface area contributed by atoms with Gasteiger partial charge < -0.3 is 20.0 Å². The first-order chi connectivity index (χ1) is 12.8. The molecule has 0 bridgehead atoms. The average Bonchev–Trinajstić information content (AvgIpc) is 3.31. The first-order valence-electron chi connectivity index (χ1n) is 8.50. The lowest BCUT2D eigenvalue weighted by Crippen LogP contribution is -2.23. The van der Waals surface area contributed by atoms with Gasteiger partial charge in [0.25, 0.3) is 0 Å². The molecule has 0 saturated carbocycles. The third-order valence-corrected chi connectivity index (χ3v) is 5.01. The van der Waals surface area contributed by atoms with Crippen LogP contribution in [0.2, 0.25) is 0 Å². The predicted molar refractivity (Wildman–Crippen MR) is 98.7 cm³/mol. The van der Waals surface area contributed by atoms with Gasteiger partial charge in [0, 0.05) is 25.0 Å². The minimum absolute atomic E-state index is 0.00926. The molecule has 2 aromatic rings. The van der Waals surface area contributed by atoms with E-state index in [4.69, 9.17) is 20.0 Å². The van der Waals surface area contributed by atoms with E-state index in [1.807, 2.05) is 0 Å². The third kappa shape index (κ3) is 5.48. The summed E-state index contributed by atoms with van der Waals surface area (Å²) in [7, 11) is 0. The monoisotopic (exact) mass is 394 g/mol. The highest BCUT2D eigenvalue weighted by molar-refractivity contribution is 7.16. The molecule has 0 aliphatic carbocycles. The highest BCUT2D eigenvalue weighted by Crippen LogP contribution is 2.32. The van der Waals surface area contributed by atoms with E-state index in [1.165, 1.54) is 6.26 Å². The zero-order valence-corrected chi connectivity index (χ0v) is 16.0. The Morgan fingerprint density at radius 3 is 2.41 bits per heavy atom. The molecule has 2 aromatic heterocycles. The number of carboxylic acids is 1. The normalized spacial score (nSPS) is 14.5. The summed E-state index contributed by atoms with van der Waals surface area (Å²) < 4.78 is 10.5. The van der Waals surface area contributed by atoms with Gasteiger partial charge in [-0.05, 0) is 25.0 Å². The number of Topliss-reactive ketones (excluding diaryl/α,β-unsaturated/α-hetero) is 1. The van der Waals surface area contributed by atoms with E-state index in [0.717, 1.165) is 11.3 Å². The number of furan rings is 1. The number of carboxylic acid groups (broad SMARTS) is 1. The Morgan fingerprint density at radius 1 is 1.30 bits per heavy atom. The fraction of sp³-hybridized carbons (Fsp3) is 0.444. The van der Waals surface area contributed by atoms with Gasteiger partial charge in [-0.25, -0.2) is 9.78 Å². The van der Waals surface area contributed by atoms with Crippen LogP contribution in [0.25, 0.3) is 11.5 Å². The summed E-state index contributed by atoms with van der Waals surface area (Å²) in [5, 5.41) is 9.00. The first-order valence-corrected chi connectivity index (χ1v) is 9.32. The maximum atomic E-state index is 12.6. The number of amides is 1. The highest BCUT2D eigenvalue weighted by Gasteiger charge is 2.30. The Kier molecular flexibility index (Phi) is 7.26. The van der Waals surface area contributed by atoms with Crippen LogP contribution in [0.5, 0.6) is 0 Å². The molecule has 0 aromatic carbocycles. The summed E-state index contributed by atoms with van der Waals surface area (Å²) in [4.78, 5) is 38.1. The van der Waals surface area contributed by atoms with E-state index in [2.05, 4.69) is 4.98 Å². The molecule has 0 spiro atoms. The van der Waals surface area contributed by atoms with Crippen molar-refractivity contribution >= 4 is 29.0 Å². The zero-order chi connectivity index (χ0) is 20.0. The fourth-order valence-corrected chi connectivity index (χ4v) is 3.23. The number of aromatic carboxylic acids is 1. The Hall–Kier alpha value is -2.52. The lowest BCUT2D eigenvalue weighted by molar-refractivity contribution is -0.120. The molecule has 27 heavy (non-hydrogen) atoms. The smallest absolute Gasteiger partial charge is 0.365 e. The molecule has 3 rings (SSSR count). The third-order valence-electron chi connectivity index (χ3n) is 3.95. The molecule has 9 heteroatoms. The second-order valence-corrected chi connectivity index (χ2v) is 7.29. The number of carbonyl (C=O) groups is 3. The number of ether oxygens (including phenoxy) is 1. The van der Waals surface area contributed by atoms with Gasteiger partial charge in [-0.15, -0.1) is 11.3 Å². The van der Waals surface area contributed by atoms with E-state index in [9.17, 15) is 14.4 Å². The van der Waals surface area contributed by atoms with E-state index < -0.39 is 5.97 Å². The van der Waals surface area contributed by atoms with Gasteiger partial charge in [0.15, 0.2) is 11.5 Å². The number of rotatable bonds is 5. The van der Waals surface area contributed by atoms with Gasteiger partial charge in [0.05, 0.1) is 6.26 Å². The van der Waals surface area contributed by atoms with Crippen molar-refractivity contribution in [2.75, 3.05) is 13.2 Å².